The van der Waals surface area contributed by atoms with Gasteiger partial charge in [-0.15, -0.1) is 11.8 Å². The predicted molar refractivity (Wildman–Crippen MR) is 80.1 cm³/mol. The quantitative estimate of drug-likeness (QED) is 0.757. The molecule has 2 N–H and O–H groups in total. The maximum absolute atomic E-state index is 12.0. The highest BCUT2D eigenvalue weighted by Crippen LogP contribution is 2.16. The Balaban J connectivity index is 2.72. The van der Waals surface area contributed by atoms with Crippen molar-refractivity contribution in [2.75, 3.05) is 18.3 Å². The van der Waals surface area contributed by atoms with Crippen LogP contribution in [0.5, 0.6) is 0 Å². The number of hydrogen-bond donors (Lipinski definition) is 2. The van der Waals surface area contributed by atoms with Crippen LogP contribution in [0.15, 0.2) is 29.2 Å². The minimum absolute atomic E-state index is 0.343. The fourth-order valence-electron chi connectivity index (χ4n) is 1.50. The van der Waals surface area contributed by atoms with Crippen LogP contribution >= 0.6 is 23.5 Å². The second-order valence-electron chi connectivity index (χ2n) is 3.88. The lowest BCUT2D eigenvalue weighted by Crippen LogP contribution is -2.41. The van der Waals surface area contributed by atoms with Crippen molar-refractivity contribution in [3.05, 3.63) is 29.8 Å². The van der Waals surface area contributed by atoms with Gasteiger partial charge < -0.3 is 10.4 Å². The summed E-state index contributed by atoms with van der Waals surface area (Å²) in [5.74, 6) is -0.643. The van der Waals surface area contributed by atoms with Gasteiger partial charge in [-0.3, -0.25) is 4.79 Å². The SMILES string of the molecule is CSCCC(NC(=O)c1cccc(SC)c1)C(=O)O. The number of thioether (sulfide) groups is 2. The van der Waals surface area contributed by atoms with E-state index in [2.05, 4.69) is 5.32 Å². The van der Waals surface area contributed by atoms with Crippen LogP contribution in [-0.2, 0) is 4.79 Å². The van der Waals surface area contributed by atoms with Crippen LogP contribution in [0.4, 0.5) is 0 Å². The van der Waals surface area contributed by atoms with E-state index in [1.165, 1.54) is 11.8 Å². The van der Waals surface area contributed by atoms with E-state index in [0.29, 0.717) is 17.7 Å². The molecule has 0 aliphatic heterocycles. The molecule has 19 heavy (non-hydrogen) atoms. The number of aliphatic carboxylic acids is 1. The number of carboxylic acid groups (broad SMARTS) is 1. The number of nitrogens with one attached hydrogen (secondary N) is 1. The molecule has 0 spiro atoms. The Morgan fingerprint density at radius 1 is 1.37 bits per heavy atom. The first-order chi connectivity index (χ1) is 9.08. The molecular weight excluding hydrogens is 282 g/mol. The highest BCUT2D eigenvalue weighted by atomic mass is 32.2. The highest BCUT2D eigenvalue weighted by molar-refractivity contribution is 7.98. The van der Waals surface area contributed by atoms with Crippen LogP contribution in [0, 0.1) is 0 Å². The van der Waals surface area contributed by atoms with Crippen molar-refractivity contribution in [2.24, 2.45) is 0 Å². The van der Waals surface area contributed by atoms with Gasteiger partial charge in [0.1, 0.15) is 6.04 Å². The zero-order chi connectivity index (χ0) is 14.3. The molecular formula is C13H17NO3S2. The van der Waals surface area contributed by atoms with E-state index in [0.717, 1.165) is 4.90 Å². The second-order valence-corrected chi connectivity index (χ2v) is 5.74. The number of rotatable bonds is 7. The maximum atomic E-state index is 12.0. The van der Waals surface area contributed by atoms with Crippen molar-refractivity contribution in [3.63, 3.8) is 0 Å². The first-order valence-electron chi connectivity index (χ1n) is 5.75. The van der Waals surface area contributed by atoms with E-state index in [9.17, 15) is 9.59 Å². The third-order valence-electron chi connectivity index (χ3n) is 2.55. The molecule has 104 valence electrons. The summed E-state index contributed by atoms with van der Waals surface area (Å²) < 4.78 is 0. The van der Waals surface area contributed by atoms with E-state index in [1.54, 1.807) is 30.0 Å². The molecule has 4 nitrogen and oxygen atoms in total. The number of carbonyl (C=O) groups excluding carboxylic acids is 1. The molecule has 0 heterocycles. The summed E-state index contributed by atoms with van der Waals surface area (Å²) in [7, 11) is 0. The molecule has 0 saturated carbocycles. The van der Waals surface area contributed by atoms with Crippen LogP contribution in [0.2, 0.25) is 0 Å². The summed E-state index contributed by atoms with van der Waals surface area (Å²) in [6, 6.07) is 6.30. The van der Waals surface area contributed by atoms with Gasteiger partial charge in [-0.05, 0) is 42.9 Å². The van der Waals surface area contributed by atoms with Crippen LogP contribution in [0.3, 0.4) is 0 Å². The number of benzene rings is 1. The van der Waals surface area contributed by atoms with Gasteiger partial charge >= 0.3 is 5.97 Å². The van der Waals surface area contributed by atoms with Crippen molar-refractivity contribution in [2.45, 2.75) is 17.4 Å². The summed E-state index contributed by atoms with van der Waals surface area (Å²) in [6.45, 7) is 0. The standard InChI is InChI=1S/C13H17NO3S2/c1-18-7-6-11(13(16)17)14-12(15)9-4-3-5-10(8-9)19-2/h3-5,8,11H,6-7H2,1-2H3,(H,14,15)(H,16,17). The van der Waals surface area contributed by atoms with Gasteiger partial charge in [0.2, 0.25) is 0 Å². The zero-order valence-corrected chi connectivity index (χ0v) is 12.5. The van der Waals surface area contributed by atoms with Crippen LogP contribution in [0.1, 0.15) is 16.8 Å². The number of amides is 1. The largest absolute Gasteiger partial charge is 0.480 e. The Kier molecular flexibility index (Phi) is 6.80. The number of carbonyl (C=O) groups is 2. The van der Waals surface area contributed by atoms with Gasteiger partial charge in [0.15, 0.2) is 0 Å². The Morgan fingerprint density at radius 2 is 2.11 bits per heavy atom. The lowest BCUT2D eigenvalue weighted by atomic mass is 10.1. The average molecular weight is 299 g/mol. The van der Waals surface area contributed by atoms with Crippen LogP contribution in [-0.4, -0.2) is 41.3 Å². The van der Waals surface area contributed by atoms with Crippen molar-refractivity contribution in [1.82, 2.24) is 5.32 Å². The Morgan fingerprint density at radius 3 is 2.68 bits per heavy atom. The summed E-state index contributed by atoms with van der Waals surface area (Å²) in [4.78, 5) is 24.0. The molecule has 0 radical (unpaired) electrons. The molecule has 1 aromatic rings. The topological polar surface area (TPSA) is 66.4 Å². The Labute approximate surface area is 121 Å². The lowest BCUT2D eigenvalue weighted by Gasteiger charge is -2.14. The molecule has 0 bridgehead atoms. The predicted octanol–water partition coefficient (Wildman–Crippen LogP) is 2.34. The van der Waals surface area contributed by atoms with Crippen molar-refractivity contribution in [1.29, 1.82) is 0 Å². The molecule has 1 amide bonds. The van der Waals surface area contributed by atoms with E-state index in [4.69, 9.17) is 5.11 Å². The Bertz CT molecular complexity index is 451. The molecule has 1 aromatic carbocycles. The van der Waals surface area contributed by atoms with Crippen molar-refractivity contribution in [3.8, 4) is 0 Å². The van der Waals surface area contributed by atoms with E-state index < -0.39 is 12.0 Å². The van der Waals surface area contributed by atoms with Crippen molar-refractivity contribution < 1.29 is 14.7 Å². The molecule has 0 aliphatic carbocycles. The fraction of sp³-hybridized carbons (Fsp3) is 0.385. The molecule has 0 aliphatic rings. The first kappa shape index (κ1) is 15.9. The van der Waals surface area contributed by atoms with Crippen LogP contribution in [0.25, 0.3) is 0 Å². The maximum Gasteiger partial charge on any atom is 0.326 e. The third-order valence-corrected chi connectivity index (χ3v) is 3.92. The molecule has 0 saturated heterocycles. The van der Waals surface area contributed by atoms with Gasteiger partial charge in [0.25, 0.3) is 5.91 Å². The van der Waals surface area contributed by atoms with E-state index >= 15 is 0 Å². The molecule has 6 heteroatoms. The molecule has 1 unspecified atom stereocenters. The first-order valence-corrected chi connectivity index (χ1v) is 8.37. The minimum Gasteiger partial charge on any atom is -0.480 e. The van der Waals surface area contributed by atoms with Gasteiger partial charge in [-0.25, -0.2) is 4.79 Å². The normalized spacial score (nSPS) is 11.9. The number of hydrogen-bond acceptors (Lipinski definition) is 4. The summed E-state index contributed by atoms with van der Waals surface area (Å²) in [5, 5.41) is 11.6. The smallest absolute Gasteiger partial charge is 0.326 e. The van der Waals surface area contributed by atoms with Gasteiger partial charge in [0.05, 0.1) is 0 Å². The van der Waals surface area contributed by atoms with Gasteiger partial charge in [0, 0.05) is 10.5 Å². The molecule has 0 fully saturated rings. The van der Waals surface area contributed by atoms with E-state index in [-0.39, 0.29) is 5.91 Å². The van der Waals surface area contributed by atoms with Crippen LogP contribution < -0.4 is 5.32 Å². The van der Waals surface area contributed by atoms with Gasteiger partial charge in [-0.2, -0.15) is 11.8 Å². The summed E-state index contributed by atoms with van der Waals surface area (Å²) >= 11 is 3.10. The monoisotopic (exact) mass is 299 g/mol. The summed E-state index contributed by atoms with van der Waals surface area (Å²) in [5.41, 5.74) is 0.488. The molecule has 0 aromatic heterocycles. The third kappa shape index (κ3) is 5.16. The van der Waals surface area contributed by atoms with Gasteiger partial charge in [-0.1, -0.05) is 6.07 Å². The molecule has 1 rings (SSSR count). The summed E-state index contributed by atoms with van der Waals surface area (Å²) in [6.07, 6.45) is 4.25. The minimum atomic E-state index is -0.997. The fourth-order valence-corrected chi connectivity index (χ4v) is 2.43. The molecule has 1 atom stereocenters. The highest BCUT2D eigenvalue weighted by Gasteiger charge is 2.20. The van der Waals surface area contributed by atoms with Crippen molar-refractivity contribution >= 4 is 35.4 Å². The second kappa shape index (κ2) is 8.12. The zero-order valence-electron chi connectivity index (χ0n) is 10.9. The average Bonchev–Trinajstić information content (AvgIpc) is 2.42. The Hall–Kier alpha value is -1.14. The van der Waals surface area contributed by atoms with E-state index in [1.807, 2.05) is 18.6 Å². The number of carboxylic acids is 1. The lowest BCUT2D eigenvalue weighted by molar-refractivity contribution is -0.139.